The molecule has 0 radical (unpaired) electrons. The molecular formula is C12H24N6S. The van der Waals surface area contributed by atoms with Gasteiger partial charge in [-0.1, -0.05) is 11.8 Å². The number of nitrogens with zero attached hydrogens (tertiary/aromatic N) is 1. The third-order valence-electron chi connectivity index (χ3n) is 2.69. The van der Waals surface area contributed by atoms with Crippen molar-refractivity contribution in [1.82, 2.24) is 16.1 Å². The lowest BCUT2D eigenvalue weighted by atomic mass is 10.1. The minimum Gasteiger partial charge on any atom is -0.402 e. The highest BCUT2D eigenvalue weighted by Gasteiger charge is 2.15. The number of nitrogens with one attached hydrogen (secondary N) is 3. The summed E-state index contributed by atoms with van der Waals surface area (Å²) in [5.41, 5.74) is 15.6. The van der Waals surface area contributed by atoms with E-state index < -0.39 is 0 Å². The van der Waals surface area contributed by atoms with Crippen molar-refractivity contribution in [2.24, 2.45) is 16.6 Å². The Morgan fingerprint density at radius 1 is 1.37 bits per heavy atom. The number of allylic oxidation sites excluding steroid dienone is 3. The molecule has 0 saturated carbocycles. The first-order valence-corrected chi connectivity index (χ1v) is 7.29. The Morgan fingerprint density at radius 2 is 2.16 bits per heavy atom. The summed E-state index contributed by atoms with van der Waals surface area (Å²) in [6, 6.07) is 0. The van der Waals surface area contributed by atoms with Crippen LogP contribution in [0.4, 0.5) is 0 Å². The Hall–Kier alpha value is -1.34. The van der Waals surface area contributed by atoms with Crippen molar-refractivity contribution in [2.75, 3.05) is 14.1 Å². The van der Waals surface area contributed by atoms with Crippen molar-refractivity contribution in [3.8, 4) is 0 Å². The van der Waals surface area contributed by atoms with Crippen molar-refractivity contribution in [1.29, 1.82) is 0 Å². The summed E-state index contributed by atoms with van der Waals surface area (Å²) in [5, 5.41) is 11.4. The van der Waals surface area contributed by atoms with Gasteiger partial charge in [-0.05, 0) is 44.9 Å². The fourth-order valence-corrected chi connectivity index (χ4v) is 2.39. The van der Waals surface area contributed by atoms with Crippen LogP contribution in [0, 0.1) is 0 Å². The van der Waals surface area contributed by atoms with E-state index in [1.165, 1.54) is 0 Å². The Bertz CT molecular complexity index is 363. The minimum atomic E-state index is 0.217. The number of hydrogen-bond donors (Lipinski definition) is 5. The van der Waals surface area contributed by atoms with Crippen LogP contribution >= 0.6 is 11.8 Å². The van der Waals surface area contributed by atoms with Crippen LogP contribution in [0.15, 0.2) is 28.8 Å². The molecule has 7 N–H and O–H groups in total. The maximum absolute atomic E-state index is 5.89. The molecule has 6 nitrogen and oxygen atoms in total. The fraction of sp³-hybridized carbons (Fsp3) is 0.583. The second-order valence-corrected chi connectivity index (χ2v) is 5.42. The normalized spacial score (nSPS) is 20.1. The highest BCUT2D eigenvalue weighted by Crippen LogP contribution is 2.19. The summed E-state index contributed by atoms with van der Waals surface area (Å²) in [4.78, 5) is 0. The van der Waals surface area contributed by atoms with Gasteiger partial charge in [-0.25, -0.2) is 0 Å². The third-order valence-corrected chi connectivity index (χ3v) is 3.84. The molecule has 0 amide bonds. The number of rotatable bonds is 8. The van der Waals surface area contributed by atoms with E-state index in [4.69, 9.17) is 11.5 Å². The summed E-state index contributed by atoms with van der Waals surface area (Å²) in [6.45, 7) is 0. The van der Waals surface area contributed by atoms with Crippen LogP contribution < -0.4 is 27.5 Å². The topological polar surface area (TPSA) is 100 Å². The molecule has 0 aromatic heterocycles. The van der Waals surface area contributed by atoms with Crippen LogP contribution in [-0.4, -0.2) is 24.6 Å². The molecule has 1 aliphatic heterocycles. The maximum Gasteiger partial charge on any atom is 0.146 e. The zero-order valence-corrected chi connectivity index (χ0v) is 12.4. The number of nitrogens with two attached hydrogens (primary N) is 2. The van der Waals surface area contributed by atoms with Crippen LogP contribution in [0.25, 0.3) is 0 Å². The maximum atomic E-state index is 5.89. The number of hydrazone groups is 1. The first-order valence-electron chi connectivity index (χ1n) is 6.41. The van der Waals surface area contributed by atoms with Gasteiger partial charge in [0.05, 0.1) is 10.9 Å². The van der Waals surface area contributed by atoms with Crippen LogP contribution in [0.3, 0.4) is 0 Å². The van der Waals surface area contributed by atoms with Crippen LogP contribution in [-0.2, 0) is 0 Å². The molecule has 1 aliphatic rings. The quantitative estimate of drug-likeness (QED) is 0.330. The average molecular weight is 284 g/mol. The van der Waals surface area contributed by atoms with E-state index in [-0.39, 0.29) is 5.50 Å². The first kappa shape index (κ1) is 15.7. The standard InChI is InChI=1S/C12H24N6S/c1-15-10(14)8-7-9(13)5-3-4-6-11-17-18-12(16-2)19-11/h7-8,12,15-16,18H,3-6,13-14H2,1-2H3/b9-7-,10-8+. The lowest BCUT2D eigenvalue weighted by molar-refractivity contribution is 0.627. The zero-order chi connectivity index (χ0) is 14.1. The Kier molecular flexibility index (Phi) is 7.20. The lowest BCUT2D eigenvalue weighted by Crippen LogP contribution is -2.30. The molecule has 19 heavy (non-hydrogen) atoms. The van der Waals surface area contributed by atoms with E-state index in [1.807, 2.05) is 13.1 Å². The smallest absolute Gasteiger partial charge is 0.146 e. The van der Waals surface area contributed by atoms with Crippen LogP contribution in [0.2, 0.25) is 0 Å². The Labute approximate surface area is 119 Å². The van der Waals surface area contributed by atoms with Gasteiger partial charge in [0, 0.05) is 12.7 Å². The van der Waals surface area contributed by atoms with Crippen molar-refractivity contribution in [3.63, 3.8) is 0 Å². The Morgan fingerprint density at radius 3 is 2.79 bits per heavy atom. The summed E-state index contributed by atoms with van der Waals surface area (Å²) in [7, 11) is 3.70. The van der Waals surface area contributed by atoms with E-state index in [0.29, 0.717) is 5.82 Å². The molecule has 0 aromatic carbocycles. The minimum absolute atomic E-state index is 0.217. The lowest BCUT2D eigenvalue weighted by Gasteiger charge is -2.05. The number of unbranched alkanes of at least 4 members (excludes halogenated alkanes) is 1. The van der Waals surface area contributed by atoms with E-state index in [9.17, 15) is 0 Å². The molecule has 0 spiro atoms. The van der Waals surface area contributed by atoms with Crippen molar-refractivity contribution in [2.45, 2.75) is 31.2 Å². The molecule has 7 heteroatoms. The van der Waals surface area contributed by atoms with E-state index in [2.05, 4.69) is 21.2 Å². The molecule has 0 bridgehead atoms. The van der Waals surface area contributed by atoms with Crippen molar-refractivity contribution < 1.29 is 0 Å². The molecule has 1 rings (SSSR count). The number of thioether (sulfide) groups is 1. The molecule has 1 heterocycles. The van der Waals surface area contributed by atoms with Gasteiger partial charge >= 0.3 is 0 Å². The third kappa shape index (κ3) is 6.40. The van der Waals surface area contributed by atoms with Crippen molar-refractivity contribution >= 4 is 16.8 Å². The molecule has 1 unspecified atom stereocenters. The molecular weight excluding hydrogens is 260 g/mol. The van der Waals surface area contributed by atoms with Gasteiger partial charge in [0.15, 0.2) is 0 Å². The van der Waals surface area contributed by atoms with Crippen LogP contribution in [0.5, 0.6) is 0 Å². The second-order valence-electron chi connectivity index (χ2n) is 4.24. The van der Waals surface area contributed by atoms with E-state index >= 15 is 0 Å². The highest BCUT2D eigenvalue weighted by molar-refractivity contribution is 8.14. The SMILES string of the molecule is CN/C(N)=C/C=C(\N)CCCCC1=NNC(NC)S1. The summed E-state index contributed by atoms with van der Waals surface area (Å²) in [6.07, 6.45) is 7.66. The predicted molar refractivity (Wildman–Crippen MR) is 83.1 cm³/mol. The first-order chi connectivity index (χ1) is 9.15. The Balaban J connectivity index is 2.14. The van der Waals surface area contributed by atoms with Gasteiger partial charge in [-0.15, -0.1) is 0 Å². The van der Waals surface area contributed by atoms with Crippen LogP contribution in [0.1, 0.15) is 25.7 Å². The molecule has 1 atom stereocenters. The highest BCUT2D eigenvalue weighted by atomic mass is 32.2. The fourth-order valence-electron chi connectivity index (χ4n) is 1.53. The summed E-state index contributed by atoms with van der Waals surface area (Å²) >= 11 is 1.73. The van der Waals surface area contributed by atoms with Gasteiger partial charge in [0.2, 0.25) is 0 Å². The van der Waals surface area contributed by atoms with E-state index in [1.54, 1.807) is 24.9 Å². The van der Waals surface area contributed by atoms with E-state index in [0.717, 1.165) is 36.4 Å². The van der Waals surface area contributed by atoms with Crippen molar-refractivity contribution in [3.05, 3.63) is 23.7 Å². The molecule has 0 fully saturated rings. The largest absolute Gasteiger partial charge is 0.402 e. The molecule has 0 saturated heterocycles. The van der Waals surface area contributed by atoms with Gasteiger partial charge < -0.3 is 16.8 Å². The molecule has 0 aromatic rings. The van der Waals surface area contributed by atoms with Gasteiger partial charge in [0.25, 0.3) is 0 Å². The van der Waals surface area contributed by atoms with Gasteiger partial charge in [0.1, 0.15) is 5.50 Å². The number of hydrogen-bond acceptors (Lipinski definition) is 7. The zero-order valence-electron chi connectivity index (χ0n) is 11.6. The molecule has 108 valence electrons. The van der Waals surface area contributed by atoms with Gasteiger partial charge in [-0.3, -0.25) is 10.7 Å². The predicted octanol–water partition coefficient (Wildman–Crippen LogP) is 0.562. The van der Waals surface area contributed by atoms with Gasteiger partial charge in [-0.2, -0.15) is 5.10 Å². The second kappa shape index (κ2) is 8.71. The monoisotopic (exact) mass is 284 g/mol. The summed E-state index contributed by atoms with van der Waals surface area (Å²) in [5.74, 6) is 0.615. The summed E-state index contributed by atoms with van der Waals surface area (Å²) < 4.78 is 0. The molecule has 0 aliphatic carbocycles. The average Bonchev–Trinajstić information content (AvgIpc) is 2.88.